The van der Waals surface area contributed by atoms with E-state index in [-0.39, 0.29) is 5.25 Å². The van der Waals surface area contributed by atoms with Crippen molar-refractivity contribution in [3.63, 3.8) is 0 Å². The van der Waals surface area contributed by atoms with Crippen molar-refractivity contribution in [1.29, 1.82) is 0 Å². The normalized spacial score (nSPS) is 12.9. The Bertz CT molecular complexity index is 286. The third-order valence-electron chi connectivity index (χ3n) is 1.82. The molecule has 0 aliphatic heterocycles. The van der Waals surface area contributed by atoms with Crippen LogP contribution >= 0.6 is 11.8 Å². The van der Waals surface area contributed by atoms with Gasteiger partial charge in [-0.15, -0.1) is 0 Å². The van der Waals surface area contributed by atoms with Crippen LogP contribution in [-0.4, -0.2) is 5.75 Å². The van der Waals surface area contributed by atoms with Gasteiger partial charge >= 0.3 is 0 Å². The summed E-state index contributed by atoms with van der Waals surface area (Å²) < 4.78 is 25.7. The van der Waals surface area contributed by atoms with E-state index in [1.54, 1.807) is 11.8 Å². The first kappa shape index (κ1) is 10.5. The Balaban J connectivity index is 2.88. The first-order valence-corrected chi connectivity index (χ1v) is 5.26. The molecule has 3 heteroatoms. The van der Waals surface area contributed by atoms with E-state index < -0.39 is 11.6 Å². The highest BCUT2D eigenvalue weighted by molar-refractivity contribution is 7.99. The van der Waals surface area contributed by atoms with Crippen LogP contribution in [0.5, 0.6) is 0 Å². The topological polar surface area (TPSA) is 0 Å². The van der Waals surface area contributed by atoms with E-state index in [9.17, 15) is 8.78 Å². The lowest BCUT2D eigenvalue weighted by Gasteiger charge is -2.10. The van der Waals surface area contributed by atoms with Crippen LogP contribution in [-0.2, 0) is 0 Å². The number of halogens is 2. The molecular weight excluding hydrogens is 190 g/mol. The minimum absolute atomic E-state index is 0.0885. The van der Waals surface area contributed by atoms with Gasteiger partial charge in [0.05, 0.1) is 0 Å². The highest BCUT2D eigenvalue weighted by atomic mass is 32.2. The van der Waals surface area contributed by atoms with E-state index in [2.05, 4.69) is 0 Å². The summed E-state index contributed by atoms with van der Waals surface area (Å²) in [5.74, 6) is -0.0405. The Morgan fingerprint density at radius 2 is 2.08 bits per heavy atom. The Morgan fingerprint density at radius 3 is 2.62 bits per heavy atom. The minimum Gasteiger partial charge on any atom is -0.207 e. The fraction of sp³-hybridized carbons (Fsp3) is 0.400. The Labute approximate surface area is 81.3 Å². The van der Waals surface area contributed by atoms with Crippen molar-refractivity contribution in [2.24, 2.45) is 0 Å². The fourth-order valence-corrected chi connectivity index (χ4v) is 2.04. The molecular formula is C10H12F2S. The van der Waals surface area contributed by atoms with Crippen molar-refractivity contribution in [3.8, 4) is 0 Å². The van der Waals surface area contributed by atoms with Crippen molar-refractivity contribution < 1.29 is 8.78 Å². The second-order valence-electron chi connectivity index (χ2n) is 2.76. The Kier molecular flexibility index (Phi) is 3.72. The number of rotatable bonds is 3. The predicted octanol–water partition coefficient (Wildman–Crippen LogP) is 3.78. The van der Waals surface area contributed by atoms with Gasteiger partial charge in [-0.05, 0) is 18.7 Å². The molecule has 1 aromatic carbocycles. The van der Waals surface area contributed by atoms with Crippen LogP contribution in [0.1, 0.15) is 24.7 Å². The summed E-state index contributed by atoms with van der Waals surface area (Å²) in [4.78, 5) is 0. The zero-order chi connectivity index (χ0) is 9.84. The van der Waals surface area contributed by atoms with Gasteiger partial charge in [0.15, 0.2) is 0 Å². The first-order valence-electron chi connectivity index (χ1n) is 4.21. The van der Waals surface area contributed by atoms with E-state index in [1.165, 1.54) is 12.1 Å². The van der Waals surface area contributed by atoms with Gasteiger partial charge in [-0.3, -0.25) is 0 Å². The molecule has 13 heavy (non-hydrogen) atoms. The van der Waals surface area contributed by atoms with Gasteiger partial charge in [-0.1, -0.05) is 13.0 Å². The van der Waals surface area contributed by atoms with Gasteiger partial charge in [0.1, 0.15) is 11.6 Å². The van der Waals surface area contributed by atoms with Crippen LogP contribution in [0.4, 0.5) is 8.78 Å². The van der Waals surface area contributed by atoms with E-state index in [0.29, 0.717) is 5.56 Å². The van der Waals surface area contributed by atoms with Crippen LogP contribution in [0.25, 0.3) is 0 Å². The van der Waals surface area contributed by atoms with Gasteiger partial charge in [-0.25, -0.2) is 8.78 Å². The minimum atomic E-state index is -0.519. The summed E-state index contributed by atoms with van der Waals surface area (Å²) >= 11 is 1.64. The molecule has 1 unspecified atom stereocenters. The molecule has 0 bridgehead atoms. The van der Waals surface area contributed by atoms with Gasteiger partial charge < -0.3 is 0 Å². The van der Waals surface area contributed by atoms with Gasteiger partial charge in [0, 0.05) is 16.9 Å². The molecule has 1 rings (SSSR count). The standard InChI is InChI=1S/C10H12F2S/c1-3-13-7(2)9-5-4-8(11)6-10(9)12/h4-7H,3H2,1-2H3. The summed E-state index contributed by atoms with van der Waals surface area (Å²) in [5, 5.41) is 0.0885. The van der Waals surface area contributed by atoms with E-state index in [4.69, 9.17) is 0 Å². The van der Waals surface area contributed by atoms with E-state index >= 15 is 0 Å². The molecule has 0 heterocycles. The highest BCUT2D eigenvalue weighted by Crippen LogP contribution is 2.29. The van der Waals surface area contributed by atoms with Crippen LogP contribution in [0, 0.1) is 11.6 Å². The molecule has 1 atom stereocenters. The van der Waals surface area contributed by atoms with Crippen LogP contribution in [0.15, 0.2) is 18.2 Å². The summed E-state index contributed by atoms with van der Waals surface area (Å²) in [6.45, 7) is 3.94. The first-order chi connectivity index (χ1) is 6.15. The van der Waals surface area contributed by atoms with Gasteiger partial charge in [0.2, 0.25) is 0 Å². The van der Waals surface area contributed by atoms with Crippen molar-refractivity contribution >= 4 is 11.8 Å². The maximum Gasteiger partial charge on any atom is 0.130 e. The lowest BCUT2D eigenvalue weighted by Crippen LogP contribution is -1.94. The zero-order valence-electron chi connectivity index (χ0n) is 7.68. The summed E-state index contributed by atoms with van der Waals surface area (Å²) in [6, 6.07) is 3.74. The molecule has 0 fully saturated rings. The molecule has 0 saturated heterocycles. The highest BCUT2D eigenvalue weighted by Gasteiger charge is 2.10. The second-order valence-corrected chi connectivity index (χ2v) is 4.38. The maximum atomic E-state index is 13.2. The fourth-order valence-electron chi connectivity index (χ4n) is 1.17. The van der Waals surface area contributed by atoms with Crippen molar-refractivity contribution in [2.45, 2.75) is 19.1 Å². The Hall–Kier alpha value is -0.570. The van der Waals surface area contributed by atoms with Crippen molar-refractivity contribution in [3.05, 3.63) is 35.4 Å². The number of hydrogen-bond donors (Lipinski definition) is 0. The van der Waals surface area contributed by atoms with Crippen molar-refractivity contribution in [1.82, 2.24) is 0 Å². The maximum absolute atomic E-state index is 13.2. The van der Waals surface area contributed by atoms with E-state index in [1.807, 2.05) is 13.8 Å². The number of thioether (sulfide) groups is 1. The molecule has 0 amide bonds. The van der Waals surface area contributed by atoms with E-state index in [0.717, 1.165) is 11.8 Å². The predicted molar refractivity (Wildman–Crippen MR) is 52.9 cm³/mol. The lowest BCUT2D eigenvalue weighted by atomic mass is 10.1. The quantitative estimate of drug-likeness (QED) is 0.718. The molecule has 0 spiro atoms. The summed E-state index contributed by atoms with van der Waals surface area (Å²) in [6.07, 6.45) is 0. The molecule has 72 valence electrons. The second kappa shape index (κ2) is 4.61. The largest absolute Gasteiger partial charge is 0.207 e. The number of hydrogen-bond acceptors (Lipinski definition) is 1. The third kappa shape index (κ3) is 2.69. The summed E-state index contributed by atoms with van der Waals surface area (Å²) in [7, 11) is 0. The number of benzene rings is 1. The zero-order valence-corrected chi connectivity index (χ0v) is 8.50. The SMILES string of the molecule is CCSC(C)c1ccc(F)cc1F. The molecule has 0 aliphatic carbocycles. The van der Waals surface area contributed by atoms with Crippen LogP contribution < -0.4 is 0 Å². The third-order valence-corrected chi connectivity index (χ3v) is 2.90. The molecule has 0 aliphatic rings. The van der Waals surface area contributed by atoms with Gasteiger partial charge in [-0.2, -0.15) is 11.8 Å². The van der Waals surface area contributed by atoms with Crippen LogP contribution in [0.2, 0.25) is 0 Å². The molecule has 0 nitrogen and oxygen atoms in total. The molecule has 0 aromatic heterocycles. The average molecular weight is 202 g/mol. The van der Waals surface area contributed by atoms with Crippen molar-refractivity contribution in [2.75, 3.05) is 5.75 Å². The van der Waals surface area contributed by atoms with Crippen LogP contribution in [0.3, 0.4) is 0 Å². The molecule has 0 N–H and O–H groups in total. The summed E-state index contributed by atoms with van der Waals surface area (Å²) in [5.41, 5.74) is 0.577. The van der Waals surface area contributed by atoms with Gasteiger partial charge in [0.25, 0.3) is 0 Å². The smallest absolute Gasteiger partial charge is 0.130 e. The average Bonchev–Trinajstić information content (AvgIpc) is 2.04. The molecule has 1 aromatic rings. The lowest BCUT2D eigenvalue weighted by molar-refractivity contribution is 0.573. The molecule has 0 saturated carbocycles. The molecule has 0 radical (unpaired) electrons. The Morgan fingerprint density at radius 1 is 1.38 bits per heavy atom. The monoisotopic (exact) mass is 202 g/mol.